The number of nitrogens with two attached hydrogens (primary N) is 1. The zero-order valence-corrected chi connectivity index (χ0v) is 9.56. The molecule has 1 aromatic heterocycles. The second kappa shape index (κ2) is 3.51. The lowest BCUT2D eigenvalue weighted by Crippen LogP contribution is -2.25. The predicted molar refractivity (Wildman–Crippen MR) is 66.0 cm³/mol. The van der Waals surface area contributed by atoms with Gasteiger partial charge in [-0.15, -0.1) is 0 Å². The van der Waals surface area contributed by atoms with E-state index >= 15 is 0 Å². The van der Waals surface area contributed by atoms with E-state index in [4.69, 9.17) is 5.73 Å². The maximum atomic E-state index is 5.92. The number of hydrogen-bond acceptors (Lipinski definition) is 2. The molecule has 3 heteroatoms. The molecule has 3 rings (SSSR count). The third-order valence-corrected chi connectivity index (χ3v) is 3.62. The Morgan fingerprint density at radius 1 is 1.44 bits per heavy atom. The van der Waals surface area contributed by atoms with E-state index in [1.54, 1.807) is 0 Å². The SMILES string of the molecule is CC1CC(Cn2ncc3c(N)cccc32)C1. The summed E-state index contributed by atoms with van der Waals surface area (Å²) in [7, 11) is 0. The molecule has 1 aliphatic carbocycles. The van der Waals surface area contributed by atoms with Gasteiger partial charge in [0, 0.05) is 17.6 Å². The number of hydrogen-bond donors (Lipinski definition) is 1. The zero-order chi connectivity index (χ0) is 11.1. The van der Waals surface area contributed by atoms with Gasteiger partial charge in [0.2, 0.25) is 0 Å². The van der Waals surface area contributed by atoms with Crippen molar-refractivity contribution in [1.82, 2.24) is 9.78 Å². The van der Waals surface area contributed by atoms with Crippen LogP contribution in [0.5, 0.6) is 0 Å². The van der Waals surface area contributed by atoms with Gasteiger partial charge >= 0.3 is 0 Å². The molecule has 2 N–H and O–H groups in total. The molecule has 0 aliphatic heterocycles. The Balaban J connectivity index is 1.90. The molecule has 2 aromatic rings. The van der Waals surface area contributed by atoms with Gasteiger partial charge in [0.05, 0.1) is 11.7 Å². The standard InChI is InChI=1S/C13H17N3/c1-9-5-10(6-9)8-16-13-4-2-3-12(14)11(13)7-15-16/h2-4,7,9-10H,5-6,8,14H2,1H3. The molecule has 1 heterocycles. The van der Waals surface area contributed by atoms with Gasteiger partial charge in [-0.1, -0.05) is 13.0 Å². The second-order valence-electron chi connectivity index (χ2n) is 5.05. The van der Waals surface area contributed by atoms with Gasteiger partial charge in [-0.3, -0.25) is 4.68 Å². The van der Waals surface area contributed by atoms with Gasteiger partial charge in [-0.25, -0.2) is 0 Å². The summed E-state index contributed by atoms with van der Waals surface area (Å²) >= 11 is 0. The van der Waals surface area contributed by atoms with E-state index in [0.717, 1.165) is 29.5 Å². The van der Waals surface area contributed by atoms with Crippen LogP contribution in [-0.4, -0.2) is 9.78 Å². The minimum Gasteiger partial charge on any atom is -0.398 e. The lowest BCUT2D eigenvalue weighted by atomic mass is 9.76. The van der Waals surface area contributed by atoms with Gasteiger partial charge in [-0.2, -0.15) is 5.10 Å². The van der Waals surface area contributed by atoms with E-state index in [9.17, 15) is 0 Å². The molecule has 0 bridgehead atoms. The van der Waals surface area contributed by atoms with Crippen LogP contribution in [0.1, 0.15) is 19.8 Å². The summed E-state index contributed by atoms with van der Waals surface area (Å²) < 4.78 is 2.10. The Morgan fingerprint density at radius 2 is 2.25 bits per heavy atom. The number of anilines is 1. The lowest BCUT2D eigenvalue weighted by Gasteiger charge is -2.32. The van der Waals surface area contributed by atoms with E-state index in [1.807, 2.05) is 18.3 Å². The molecule has 84 valence electrons. The molecule has 1 saturated carbocycles. The van der Waals surface area contributed by atoms with Crippen molar-refractivity contribution in [3.63, 3.8) is 0 Å². The fourth-order valence-corrected chi connectivity index (χ4v) is 2.73. The second-order valence-corrected chi connectivity index (χ2v) is 5.05. The van der Waals surface area contributed by atoms with Crippen LogP contribution in [0.25, 0.3) is 10.9 Å². The third kappa shape index (κ3) is 1.47. The average Bonchev–Trinajstić information content (AvgIpc) is 2.61. The number of nitrogens with zero attached hydrogens (tertiary/aromatic N) is 2. The molecular formula is C13H17N3. The van der Waals surface area contributed by atoms with Crippen molar-refractivity contribution in [1.29, 1.82) is 0 Å². The summed E-state index contributed by atoms with van der Waals surface area (Å²) in [5.41, 5.74) is 7.91. The number of fused-ring (bicyclic) bond motifs is 1. The molecule has 0 atom stereocenters. The first-order valence-corrected chi connectivity index (χ1v) is 5.94. The molecular weight excluding hydrogens is 198 g/mol. The molecule has 0 amide bonds. The largest absolute Gasteiger partial charge is 0.398 e. The molecule has 0 unspecified atom stereocenters. The van der Waals surface area contributed by atoms with Gasteiger partial charge in [0.15, 0.2) is 0 Å². The summed E-state index contributed by atoms with van der Waals surface area (Å²) in [5.74, 6) is 1.71. The van der Waals surface area contributed by atoms with Crippen molar-refractivity contribution in [2.45, 2.75) is 26.3 Å². The number of nitrogen functional groups attached to an aromatic ring is 1. The predicted octanol–water partition coefficient (Wildman–Crippen LogP) is 2.66. The first-order valence-electron chi connectivity index (χ1n) is 5.94. The fourth-order valence-electron chi connectivity index (χ4n) is 2.73. The highest BCUT2D eigenvalue weighted by molar-refractivity contribution is 5.90. The Morgan fingerprint density at radius 3 is 3.00 bits per heavy atom. The van der Waals surface area contributed by atoms with Crippen LogP contribution in [-0.2, 0) is 6.54 Å². The molecule has 0 spiro atoms. The zero-order valence-electron chi connectivity index (χ0n) is 9.56. The van der Waals surface area contributed by atoms with Gasteiger partial charge in [-0.05, 0) is 36.8 Å². The van der Waals surface area contributed by atoms with Crippen LogP contribution in [0.3, 0.4) is 0 Å². The topological polar surface area (TPSA) is 43.8 Å². The maximum Gasteiger partial charge on any atom is 0.0703 e. The minimum absolute atomic E-state index is 0.805. The van der Waals surface area contributed by atoms with E-state index in [1.165, 1.54) is 18.4 Å². The van der Waals surface area contributed by atoms with Gasteiger partial charge in [0.25, 0.3) is 0 Å². The van der Waals surface area contributed by atoms with Crippen LogP contribution in [0.15, 0.2) is 24.4 Å². The van der Waals surface area contributed by atoms with Crippen LogP contribution in [0, 0.1) is 11.8 Å². The molecule has 16 heavy (non-hydrogen) atoms. The van der Waals surface area contributed by atoms with Crippen LogP contribution in [0.2, 0.25) is 0 Å². The van der Waals surface area contributed by atoms with Crippen molar-refractivity contribution >= 4 is 16.6 Å². The summed E-state index contributed by atoms with van der Waals surface area (Å²) in [4.78, 5) is 0. The van der Waals surface area contributed by atoms with Crippen molar-refractivity contribution in [2.24, 2.45) is 11.8 Å². The van der Waals surface area contributed by atoms with Crippen molar-refractivity contribution in [2.75, 3.05) is 5.73 Å². The Kier molecular flexibility index (Phi) is 2.13. The molecule has 0 saturated heterocycles. The van der Waals surface area contributed by atoms with Gasteiger partial charge in [0.1, 0.15) is 0 Å². The first-order chi connectivity index (χ1) is 7.74. The molecule has 1 fully saturated rings. The highest BCUT2D eigenvalue weighted by Crippen LogP contribution is 2.34. The summed E-state index contributed by atoms with van der Waals surface area (Å²) in [6.45, 7) is 3.35. The maximum absolute atomic E-state index is 5.92. The fraction of sp³-hybridized carbons (Fsp3) is 0.462. The minimum atomic E-state index is 0.805. The Bertz CT molecular complexity index is 509. The lowest BCUT2D eigenvalue weighted by molar-refractivity contribution is 0.184. The normalized spacial score (nSPS) is 24.6. The van der Waals surface area contributed by atoms with Crippen molar-refractivity contribution in [3.05, 3.63) is 24.4 Å². The Labute approximate surface area is 95.2 Å². The quantitative estimate of drug-likeness (QED) is 0.783. The highest BCUT2D eigenvalue weighted by Gasteiger charge is 2.26. The van der Waals surface area contributed by atoms with Crippen LogP contribution in [0.4, 0.5) is 5.69 Å². The summed E-state index contributed by atoms with van der Waals surface area (Å²) in [6, 6.07) is 6.03. The highest BCUT2D eigenvalue weighted by atomic mass is 15.3. The van der Waals surface area contributed by atoms with Crippen molar-refractivity contribution < 1.29 is 0 Å². The van der Waals surface area contributed by atoms with E-state index in [0.29, 0.717) is 0 Å². The summed E-state index contributed by atoms with van der Waals surface area (Å²) in [6.07, 6.45) is 4.56. The van der Waals surface area contributed by atoms with E-state index < -0.39 is 0 Å². The number of benzene rings is 1. The Hall–Kier alpha value is -1.51. The first kappa shape index (κ1) is 9.70. The number of rotatable bonds is 2. The van der Waals surface area contributed by atoms with Crippen LogP contribution < -0.4 is 5.73 Å². The van der Waals surface area contributed by atoms with Crippen molar-refractivity contribution in [3.8, 4) is 0 Å². The molecule has 3 nitrogen and oxygen atoms in total. The molecule has 1 aliphatic rings. The smallest absolute Gasteiger partial charge is 0.0703 e. The van der Waals surface area contributed by atoms with E-state index in [2.05, 4.69) is 22.8 Å². The summed E-state index contributed by atoms with van der Waals surface area (Å²) in [5, 5.41) is 5.52. The average molecular weight is 215 g/mol. The monoisotopic (exact) mass is 215 g/mol. The number of aromatic nitrogens is 2. The van der Waals surface area contributed by atoms with E-state index in [-0.39, 0.29) is 0 Å². The van der Waals surface area contributed by atoms with Gasteiger partial charge < -0.3 is 5.73 Å². The molecule has 1 aromatic carbocycles. The third-order valence-electron chi connectivity index (χ3n) is 3.62. The van der Waals surface area contributed by atoms with Crippen LogP contribution >= 0.6 is 0 Å². The molecule has 0 radical (unpaired) electrons.